The van der Waals surface area contributed by atoms with Crippen molar-refractivity contribution >= 4 is 27.6 Å². The van der Waals surface area contributed by atoms with E-state index >= 15 is 0 Å². The molecule has 0 spiro atoms. The van der Waals surface area contributed by atoms with Crippen LogP contribution in [0.15, 0.2) is 65.2 Å². The normalized spacial score (nSPS) is 14.9. The van der Waals surface area contributed by atoms with E-state index in [0.29, 0.717) is 13.1 Å². The van der Waals surface area contributed by atoms with Crippen LogP contribution in [0.3, 0.4) is 0 Å². The van der Waals surface area contributed by atoms with Crippen molar-refractivity contribution in [2.75, 3.05) is 38.1 Å². The van der Waals surface area contributed by atoms with Crippen molar-refractivity contribution in [3.63, 3.8) is 0 Å². The first-order valence-corrected chi connectivity index (χ1v) is 12.2. The summed E-state index contributed by atoms with van der Waals surface area (Å²) < 4.78 is 32.1. The second-order valence-electron chi connectivity index (χ2n) is 7.63. The van der Waals surface area contributed by atoms with Gasteiger partial charge in [0.05, 0.1) is 22.8 Å². The SMILES string of the molecule is CCOC(=O)c1ccccc1NC(=O)/C(C#N)=C\N1CCN(S(=O)(=O)c2ccc(C)cc2)CC1. The van der Waals surface area contributed by atoms with E-state index in [2.05, 4.69) is 5.32 Å². The third-order valence-electron chi connectivity index (χ3n) is 5.28. The predicted octanol–water partition coefficient (Wildman–Crippen LogP) is 2.52. The van der Waals surface area contributed by atoms with E-state index in [-0.39, 0.29) is 41.4 Å². The van der Waals surface area contributed by atoms with Crippen LogP contribution in [0.4, 0.5) is 5.69 Å². The molecule has 0 radical (unpaired) electrons. The Kier molecular flexibility index (Phi) is 8.04. The van der Waals surface area contributed by atoms with E-state index in [4.69, 9.17) is 4.74 Å². The molecule has 0 bridgehead atoms. The number of ether oxygens (including phenoxy) is 1. The van der Waals surface area contributed by atoms with E-state index in [0.717, 1.165) is 5.56 Å². The second-order valence-corrected chi connectivity index (χ2v) is 9.57. The lowest BCUT2D eigenvalue weighted by Gasteiger charge is -2.33. The lowest BCUT2D eigenvalue weighted by atomic mass is 10.1. The monoisotopic (exact) mass is 482 g/mol. The standard InChI is InChI=1S/C24H26N4O5S/c1-3-33-24(30)21-6-4-5-7-22(21)26-23(29)19(16-25)17-27-12-14-28(15-13-27)34(31,32)20-10-8-18(2)9-11-20/h4-11,17H,3,12-15H2,1-2H3,(H,26,29)/b19-17-. The average molecular weight is 483 g/mol. The van der Waals surface area contributed by atoms with Gasteiger partial charge < -0.3 is 15.0 Å². The maximum absolute atomic E-state index is 12.9. The van der Waals surface area contributed by atoms with Crippen LogP contribution in [0.25, 0.3) is 0 Å². The predicted molar refractivity (Wildman–Crippen MR) is 126 cm³/mol. The first-order valence-electron chi connectivity index (χ1n) is 10.8. The number of anilines is 1. The van der Waals surface area contributed by atoms with Gasteiger partial charge in [-0.05, 0) is 38.1 Å². The first-order chi connectivity index (χ1) is 16.3. The van der Waals surface area contributed by atoms with Gasteiger partial charge in [-0.2, -0.15) is 9.57 Å². The van der Waals surface area contributed by atoms with Gasteiger partial charge in [0.15, 0.2) is 0 Å². The van der Waals surface area contributed by atoms with Crippen LogP contribution in [0, 0.1) is 18.3 Å². The van der Waals surface area contributed by atoms with Crippen molar-refractivity contribution in [3.8, 4) is 6.07 Å². The van der Waals surface area contributed by atoms with Gasteiger partial charge >= 0.3 is 5.97 Å². The Morgan fingerprint density at radius 1 is 1.09 bits per heavy atom. The molecule has 1 saturated heterocycles. The highest BCUT2D eigenvalue weighted by Gasteiger charge is 2.28. The minimum atomic E-state index is -3.61. The molecule has 0 unspecified atom stereocenters. The highest BCUT2D eigenvalue weighted by atomic mass is 32.2. The molecule has 2 aromatic carbocycles. The van der Waals surface area contributed by atoms with E-state index in [9.17, 15) is 23.3 Å². The lowest BCUT2D eigenvalue weighted by molar-refractivity contribution is -0.112. The maximum Gasteiger partial charge on any atom is 0.340 e. The van der Waals surface area contributed by atoms with Crippen LogP contribution < -0.4 is 5.32 Å². The van der Waals surface area contributed by atoms with Crippen molar-refractivity contribution < 1.29 is 22.7 Å². The molecular formula is C24H26N4O5S. The fourth-order valence-corrected chi connectivity index (χ4v) is 4.84. The number of rotatable bonds is 7. The van der Waals surface area contributed by atoms with E-state index < -0.39 is 21.9 Å². The van der Waals surface area contributed by atoms with Crippen LogP contribution in [0.1, 0.15) is 22.8 Å². The quantitative estimate of drug-likeness (QED) is 0.366. The van der Waals surface area contributed by atoms with Crippen molar-refractivity contribution in [1.29, 1.82) is 5.26 Å². The highest BCUT2D eigenvalue weighted by molar-refractivity contribution is 7.89. The molecule has 10 heteroatoms. The number of sulfonamides is 1. The number of carbonyl (C=O) groups excluding carboxylic acids is 2. The number of hydrogen-bond donors (Lipinski definition) is 1. The number of para-hydroxylation sites is 1. The van der Waals surface area contributed by atoms with Crippen molar-refractivity contribution in [2.24, 2.45) is 0 Å². The Hall–Kier alpha value is -3.68. The summed E-state index contributed by atoms with van der Waals surface area (Å²) >= 11 is 0. The fraction of sp³-hybridized carbons (Fsp3) is 0.292. The van der Waals surface area contributed by atoms with Gasteiger partial charge in [-0.15, -0.1) is 0 Å². The molecule has 3 rings (SSSR count). The van der Waals surface area contributed by atoms with Crippen molar-refractivity contribution in [3.05, 3.63) is 71.4 Å². The zero-order chi connectivity index (χ0) is 24.7. The highest BCUT2D eigenvalue weighted by Crippen LogP contribution is 2.20. The molecule has 0 atom stereocenters. The van der Waals surface area contributed by atoms with Crippen LogP contribution >= 0.6 is 0 Å². The Bertz CT molecular complexity index is 1220. The van der Waals surface area contributed by atoms with Crippen molar-refractivity contribution in [2.45, 2.75) is 18.7 Å². The van der Waals surface area contributed by atoms with Gasteiger partial charge in [-0.1, -0.05) is 29.8 Å². The first kappa shape index (κ1) is 25.0. The molecule has 1 fully saturated rings. The molecule has 0 aromatic heterocycles. The maximum atomic E-state index is 12.9. The number of nitrogens with zero attached hydrogens (tertiary/aromatic N) is 3. The van der Waals surface area contributed by atoms with Crippen LogP contribution in [0.5, 0.6) is 0 Å². The van der Waals surface area contributed by atoms with Crippen LogP contribution in [-0.2, 0) is 19.6 Å². The molecule has 9 nitrogen and oxygen atoms in total. The summed E-state index contributed by atoms with van der Waals surface area (Å²) in [5, 5.41) is 12.1. The summed E-state index contributed by atoms with van der Waals surface area (Å²) in [6, 6.07) is 14.9. The van der Waals surface area contributed by atoms with Gasteiger partial charge in [0.2, 0.25) is 10.0 Å². The molecule has 0 aliphatic carbocycles. The summed E-state index contributed by atoms with van der Waals surface area (Å²) in [5.74, 6) is -1.25. The van der Waals surface area contributed by atoms with Gasteiger partial charge in [-0.25, -0.2) is 13.2 Å². The Balaban J connectivity index is 1.67. The van der Waals surface area contributed by atoms with E-state index in [1.165, 1.54) is 16.6 Å². The summed E-state index contributed by atoms with van der Waals surface area (Å²) in [5.41, 5.74) is 1.24. The third kappa shape index (κ3) is 5.81. The number of hydrogen-bond acceptors (Lipinski definition) is 7. The molecule has 1 heterocycles. The van der Waals surface area contributed by atoms with Gasteiger partial charge in [0.25, 0.3) is 5.91 Å². The number of esters is 1. The van der Waals surface area contributed by atoms with Crippen LogP contribution in [0.2, 0.25) is 0 Å². The summed E-state index contributed by atoms with van der Waals surface area (Å²) in [6.07, 6.45) is 1.41. The number of piperazine rings is 1. The summed E-state index contributed by atoms with van der Waals surface area (Å²) in [6.45, 7) is 4.85. The van der Waals surface area contributed by atoms with Gasteiger partial charge in [0, 0.05) is 32.4 Å². The minimum absolute atomic E-state index is 0.159. The largest absolute Gasteiger partial charge is 0.462 e. The topological polar surface area (TPSA) is 120 Å². The van der Waals surface area contributed by atoms with Gasteiger partial charge in [0.1, 0.15) is 11.6 Å². The Morgan fingerprint density at radius 3 is 2.35 bits per heavy atom. The number of amides is 1. The lowest BCUT2D eigenvalue weighted by Crippen LogP contribution is -2.46. The molecule has 34 heavy (non-hydrogen) atoms. The van der Waals surface area contributed by atoms with E-state index in [1.54, 1.807) is 54.3 Å². The average Bonchev–Trinajstić information content (AvgIpc) is 2.83. The molecule has 1 amide bonds. The summed E-state index contributed by atoms with van der Waals surface area (Å²) in [7, 11) is -3.61. The molecule has 2 aromatic rings. The second kappa shape index (κ2) is 11.0. The molecule has 178 valence electrons. The molecule has 1 N–H and O–H groups in total. The number of nitriles is 1. The fourth-order valence-electron chi connectivity index (χ4n) is 3.42. The number of nitrogens with one attached hydrogen (secondary N) is 1. The molecule has 1 aliphatic rings. The van der Waals surface area contributed by atoms with Gasteiger partial charge in [-0.3, -0.25) is 4.79 Å². The molecule has 1 aliphatic heterocycles. The molecular weight excluding hydrogens is 456 g/mol. The van der Waals surface area contributed by atoms with Crippen molar-refractivity contribution in [1.82, 2.24) is 9.21 Å². The number of carbonyl (C=O) groups is 2. The number of benzene rings is 2. The third-order valence-corrected chi connectivity index (χ3v) is 7.19. The Morgan fingerprint density at radius 2 is 1.74 bits per heavy atom. The summed E-state index contributed by atoms with van der Waals surface area (Å²) in [4.78, 5) is 26.8. The smallest absolute Gasteiger partial charge is 0.340 e. The number of aryl methyl sites for hydroxylation is 1. The zero-order valence-corrected chi connectivity index (χ0v) is 19.8. The van der Waals surface area contributed by atoms with Crippen LogP contribution in [-0.4, -0.2) is 62.3 Å². The minimum Gasteiger partial charge on any atom is -0.462 e. The molecule has 0 saturated carbocycles. The van der Waals surface area contributed by atoms with E-state index in [1.807, 2.05) is 13.0 Å². The zero-order valence-electron chi connectivity index (χ0n) is 19.0. The Labute approximate surface area is 199 Å².